The number of nitrogens with two attached hydrogens (primary N) is 1. The van der Waals surface area contributed by atoms with Crippen molar-refractivity contribution in [3.05, 3.63) is 90.0 Å². The molecule has 0 aliphatic rings. The molecule has 6 nitrogen and oxygen atoms in total. The summed E-state index contributed by atoms with van der Waals surface area (Å²) in [5.74, 6) is 1.08. The Hall–Kier alpha value is -3.16. The maximum absolute atomic E-state index is 12.9. The number of carbonyl (C=O) groups is 1. The van der Waals surface area contributed by atoms with E-state index >= 15 is 0 Å². The van der Waals surface area contributed by atoms with Gasteiger partial charge in [-0.25, -0.2) is 13.6 Å². The van der Waals surface area contributed by atoms with Crippen LogP contribution in [-0.2, 0) is 10.0 Å². The van der Waals surface area contributed by atoms with Crippen LogP contribution in [0.1, 0.15) is 28.9 Å². The van der Waals surface area contributed by atoms with Crippen LogP contribution in [0.4, 0.5) is 0 Å². The third-order valence-corrected chi connectivity index (χ3v) is 5.58. The summed E-state index contributed by atoms with van der Waals surface area (Å²) in [5.41, 5.74) is 1.29. The fraction of sp³-hybridized carbons (Fsp3) is 0.136. The number of hydrogen-bond donors (Lipinski definition) is 1. The SMILES string of the molecule is CC(c1ccc(S(N)(=O)=O)cc1)N(C)C(=O)c1cccc(Oc2ccccc2)c1. The number of para-hydroxylation sites is 1. The highest BCUT2D eigenvalue weighted by Crippen LogP contribution is 2.25. The van der Waals surface area contributed by atoms with E-state index in [1.54, 1.807) is 48.3 Å². The van der Waals surface area contributed by atoms with Gasteiger partial charge in [-0.15, -0.1) is 0 Å². The lowest BCUT2D eigenvalue weighted by Gasteiger charge is -2.25. The Bertz CT molecular complexity index is 1100. The van der Waals surface area contributed by atoms with Crippen LogP contribution >= 0.6 is 0 Å². The molecule has 1 amide bonds. The minimum atomic E-state index is -3.75. The molecule has 0 heterocycles. The fourth-order valence-corrected chi connectivity index (χ4v) is 3.37. The van der Waals surface area contributed by atoms with Crippen LogP contribution in [0.2, 0.25) is 0 Å². The standard InChI is InChI=1S/C22H22N2O4S/c1-16(17-11-13-21(14-12-17)29(23,26)27)24(2)22(25)18-7-6-10-20(15-18)28-19-8-4-3-5-9-19/h3-16H,1-2H3,(H2,23,26,27). The number of hydrogen-bond acceptors (Lipinski definition) is 4. The average Bonchev–Trinajstić information content (AvgIpc) is 2.72. The lowest BCUT2D eigenvalue weighted by molar-refractivity contribution is 0.0742. The van der Waals surface area contributed by atoms with Gasteiger partial charge in [0.2, 0.25) is 10.0 Å². The Kier molecular flexibility index (Phi) is 6.00. The first-order valence-electron chi connectivity index (χ1n) is 8.98. The minimum absolute atomic E-state index is 0.0354. The van der Waals surface area contributed by atoms with Crippen LogP contribution in [0.25, 0.3) is 0 Å². The number of primary sulfonamides is 1. The van der Waals surface area contributed by atoms with Gasteiger partial charge in [0.15, 0.2) is 0 Å². The summed E-state index contributed by atoms with van der Waals surface area (Å²) in [5, 5.41) is 5.13. The predicted octanol–water partition coefficient (Wildman–Crippen LogP) is 3.96. The van der Waals surface area contributed by atoms with Gasteiger partial charge in [0.25, 0.3) is 5.91 Å². The maximum atomic E-state index is 12.9. The van der Waals surface area contributed by atoms with Gasteiger partial charge in [-0.3, -0.25) is 4.79 Å². The van der Waals surface area contributed by atoms with E-state index in [4.69, 9.17) is 9.88 Å². The molecule has 0 bridgehead atoms. The monoisotopic (exact) mass is 410 g/mol. The van der Waals surface area contributed by atoms with E-state index in [-0.39, 0.29) is 16.8 Å². The van der Waals surface area contributed by atoms with Crippen molar-refractivity contribution in [3.63, 3.8) is 0 Å². The molecule has 0 spiro atoms. The first kappa shape index (κ1) is 20.6. The summed E-state index contributed by atoms with van der Waals surface area (Å²) in [4.78, 5) is 14.6. The Morgan fingerprint density at radius 3 is 2.17 bits per heavy atom. The molecule has 0 saturated heterocycles. The molecule has 150 valence electrons. The van der Waals surface area contributed by atoms with Crippen molar-refractivity contribution in [2.75, 3.05) is 7.05 Å². The number of rotatable bonds is 6. The summed E-state index contributed by atoms with van der Waals surface area (Å²) in [7, 11) is -2.05. The van der Waals surface area contributed by atoms with E-state index in [0.717, 1.165) is 5.56 Å². The zero-order valence-corrected chi connectivity index (χ0v) is 17.0. The normalized spacial score (nSPS) is 12.2. The lowest BCUT2D eigenvalue weighted by Crippen LogP contribution is -2.29. The second-order valence-electron chi connectivity index (χ2n) is 6.65. The van der Waals surface area contributed by atoms with Crippen molar-refractivity contribution in [1.29, 1.82) is 0 Å². The van der Waals surface area contributed by atoms with Crippen molar-refractivity contribution in [3.8, 4) is 11.5 Å². The second kappa shape index (κ2) is 8.46. The van der Waals surface area contributed by atoms with Crippen LogP contribution in [-0.4, -0.2) is 26.3 Å². The number of sulfonamides is 1. The highest BCUT2D eigenvalue weighted by atomic mass is 32.2. The van der Waals surface area contributed by atoms with Crippen LogP contribution in [0, 0.1) is 0 Å². The molecular weight excluding hydrogens is 388 g/mol. The van der Waals surface area contributed by atoms with Gasteiger partial charge in [0.05, 0.1) is 10.9 Å². The molecule has 0 aliphatic carbocycles. The van der Waals surface area contributed by atoms with E-state index in [2.05, 4.69) is 0 Å². The van der Waals surface area contributed by atoms with Crippen molar-refractivity contribution in [2.24, 2.45) is 5.14 Å². The minimum Gasteiger partial charge on any atom is -0.457 e. The molecule has 0 saturated carbocycles. The fourth-order valence-electron chi connectivity index (χ4n) is 2.86. The predicted molar refractivity (Wildman–Crippen MR) is 111 cm³/mol. The molecule has 0 aliphatic heterocycles. The number of carbonyl (C=O) groups excluding carboxylic acids is 1. The topological polar surface area (TPSA) is 89.7 Å². The number of amides is 1. The summed E-state index contributed by atoms with van der Waals surface area (Å²) in [6.45, 7) is 1.87. The molecular formula is C22H22N2O4S. The molecule has 3 rings (SSSR count). The molecule has 3 aromatic carbocycles. The zero-order chi connectivity index (χ0) is 21.0. The number of ether oxygens (including phenoxy) is 1. The zero-order valence-electron chi connectivity index (χ0n) is 16.1. The Labute approximate surface area is 170 Å². The van der Waals surface area contributed by atoms with E-state index in [1.165, 1.54) is 12.1 Å². The van der Waals surface area contributed by atoms with Gasteiger partial charge in [-0.05, 0) is 55.0 Å². The van der Waals surface area contributed by atoms with E-state index < -0.39 is 10.0 Å². The van der Waals surface area contributed by atoms with Crippen molar-refractivity contribution >= 4 is 15.9 Å². The molecule has 1 unspecified atom stereocenters. The summed E-state index contributed by atoms with van der Waals surface area (Å²) < 4.78 is 28.6. The largest absolute Gasteiger partial charge is 0.457 e. The van der Waals surface area contributed by atoms with Crippen molar-refractivity contribution in [2.45, 2.75) is 17.9 Å². The molecule has 0 radical (unpaired) electrons. The quantitative estimate of drug-likeness (QED) is 0.666. The number of benzene rings is 3. The van der Waals surface area contributed by atoms with Crippen molar-refractivity contribution in [1.82, 2.24) is 4.90 Å². The number of nitrogens with zero attached hydrogens (tertiary/aromatic N) is 1. The Morgan fingerprint density at radius 1 is 0.931 bits per heavy atom. The van der Waals surface area contributed by atoms with Gasteiger partial charge in [0.1, 0.15) is 11.5 Å². The highest BCUT2D eigenvalue weighted by Gasteiger charge is 2.20. The molecule has 1 atom stereocenters. The van der Waals surface area contributed by atoms with Crippen LogP contribution in [0.5, 0.6) is 11.5 Å². The van der Waals surface area contributed by atoms with Gasteiger partial charge < -0.3 is 9.64 Å². The maximum Gasteiger partial charge on any atom is 0.254 e. The smallest absolute Gasteiger partial charge is 0.254 e. The van der Waals surface area contributed by atoms with Crippen LogP contribution in [0.15, 0.2) is 83.8 Å². The molecule has 7 heteroatoms. The van der Waals surface area contributed by atoms with Crippen LogP contribution < -0.4 is 9.88 Å². The van der Waals surface area contributed by atoms with Gasteiger partial charge in [-0.1, -0.05) is 36.4 Å². The average molecular weight is 410 g/mol. The van der Waals surface area contributed by atoms with E-state index in [0.29, 0.717) is 17.1 Å². The first-order valence-corrected chi connectivity index (χ1v) is 10.5. The van der Waals surface area contributed by atoms with Gasteiger partial charge >= 0.3 is 0 Å². The lowest BCUT2D eigenvalue weighted by atomic mass is 10.1. The highest BCUT2D eigenvalue weighted by molar-refractivity contribution is 7.89. The molecule has 0 aromatic heterocycles. The third kappa shape index (κ3) is 5.01. The Morgan fingerprint density at radius 2 is 1.55 bits per heavy atom. The molecule has 2 N–H and O–H groups in total. The van der Waals surface area contributed by atoms with E-state index in [9.17, 15) is 13.2 Å². The van der Waals surface area contributed by atoms with Gasteiger partial charge in [0, 0.05) is 12.6 Å². The van der Waals surface area contributed by atoms with Crippen molar-refractivity contribution < 1.29 is 17.9 Å². The van der Waals surface area contributed by atoms with Crippen LogP contribution in [0.3, 0.4) is 0 Å². The molecule has 29 heavy (non-hydrogen) atoms. The van der Waals surface area contributed by atoms with E-state index in [1.807, 2.05) is 37.3 Å². The first-order chi connectivity index (χ1) is 13.8. The second-order valence-corrected chi connectivity index (χ2v) is 8.21. The summed E-state index contributed by atoms with van der Waals surface area (Å²) in [6, 6.07) is 22.2. The molecule has 3 aromatic rings. The summed E-state index contributed by atoms with van der Waals surface area (Å²) >= 11 is 0. The summed E-state index contributed by atoms with van der Waals surface area (Å²) in [6.07, 6.45) is 0. The van der Waals surface area contributed by atoms with Gasteiger partial charge in [-0.2, -0.15) is 0 Å². The third-order valence-electron chi connectivity index (χ3n) is 4.65. The molecule has 0 fully saturated rings. The Balaban J connectivity index is 1.76.